The number of fused-ring (bicyclic) bond motifs is 2. The van der Waals surface area contributed by atoms with Crippen molar-refractivity contribution in [2.75, 3.05) is 39.5 Å². The second kappa shape index (κ2) is 6.93. The zero-order chi connectivity index (χ0) is 17.3. The van der Waals surface area contributed by atoms with E-state index in [1.807, 2.05) is 6.07 Å². The molecule has 4 nitrogen and oxygen atoms in total. The van der Waals surface area contributed by atoms with Crippen LogP contribution in [0.25, 0.3) is 11.1 Å². The third-order valence-electron chi connectivity index (χ3n) is 5.93. The first-order valence-electron chi connectivity index (χ1n) is 9.82. The maximum atomic E-state index is 5.52. The second-order valence-electron chi connectivity index (χ2n) is 7.63. The van der Waals surface area contributed by atoms with Gasteiger partial charge in [-0.2, -0.15) is 0 Å². The van der Waals surface area contributed by atoms with E-state index in [2.05, 4.69) is 40.1 Å². The molecule has 4 heteroatoms. The Morgan fingerprint density at radius 2 is 1.50 bits per heavy atom. The van der Waals surface area contributed by atoms with Gasteiger partial charge in [0, 0.05) is 26.2 Å². The van der Waals surface area contributed by atoms with Crippen molar-refractivity contribution in [1.82, 2.24) is 9.80 Å². The quantitative estimate of drug-likeness (QED) is 0.842. The van der Waals surface area contributed by atoms with E-state index in [4.69, 9.17) is 9.47 Å². The van der Waals surface area contributed by atoms with Crippen LogP contribution >= 0.6 is 0 Å². The Bertz CT molecular complexity index is 799. The highest BCUT2D eigenvalue weighted by Gasteiger charge is 2.19. The number of benzene rings is 2. The minimum absolute atomic E-state index is 0.330. The fourth-order valence-electron chi connectivity index (χ4n) is 4.35. The first-order chi connectivity index (χ1) is 12.8. The molecular weight excluding hydrogens is 324 g/mol. The zero-order valence-corrected chi connectivity index (χ0v) is 15.2. The normalized spacial score (nSPS) is 19.7. The fourth-order valence-corrected chi connectivity index (χ4v) is 4.35. The van der Waals surface area contributed by atoms with E-state index >= 15 is 0 Å². The molecule has 26 heavy (non-hydrogen) atoms. The van der Waals surface area contributed by atoms with Crippen LogP contribution in [0.3, 0.4) is 0 Å². The highest BCUT2D eigenvalue weighted by Crippen LogP contribution is 2.36. The van der Waals surface area contributed by atoms with Crippen molar-refractivity contribution in [3.63, 3.8) is 0 Å². The van der Waals surface area contributed by atoms with Gasteiger partial charge < -0.3 is 14.4 Å². The zero-order valence-electron chi connectivity index (χ0n) is 15.2. The number of hydrogen-bond acceptors (Lipinski definition) is 4. The van der Waals surface area contributed by atoms with Crippen molar-refractivity contribution >= 4 is 0 Å². The van der Waals surface area contributed by atoms with Gasteiger partial charge in [-0.25, -0.2) is 0 Å². The van der Waals surface area contributed by atoms with Gasteiger partial charge in [-0.3, -0.25) is 4.90 Å². The molecule has 1 saturated heterocycles. The van der Waals surface area contributed by atoms with Crippen LogP contribution in [-0.4, -0.2) is 49.3 Å². The summed E-state index contributed by atoms with van der Waals surface area (Å²) in [4.78, 5) is 5.22. The molecule has 5 rings (SSSR count). The van der Waals surface area contributed by atoms with Gasteiger partial charge >= 0.3 is 0 Å². The standard InChI is InChI=1S/C22H26N2O2/c1-2-9-23(8-1)11-12-24-10-7-19-13-17(3-4-20(19)15-24)18-5-6-21-22(14-18)26-16-25-21/h3-6,13-14H,1-2,7-12,15-16H2. The van der Waals surface area contributed by atoms with Gasteiger partial charge in [0.1, 0.15) is 0 Å². The van der Waals surface area contributed by atoms with E-state index in [1.165, 1.54) is 67.8 Å². The van der Waals surface area contributed by atoms with Crippen molar-refractivity contribution < 1.29 is 9.47 Å². The van der Waals surface area contributed by atoms with Gasteiger partial charge in [-0.05, 0) is 66.7 Å². The van der Waals surface area contributed by atoms with Crippen molar-refractivity contribution in [3.05, 3.63) is 47.5 Å². The van der Waals surface area contributed by atoms with Crippen LogP contribution in [0.5, 0.6) is 11.5 Å². The SMILES string of the molecule is c1cc2c(cc1-c1ccc3c(c1)OCO3)CCN(CCN1CCCC1)C2. The Hall–Kier alpha value is -2.04. The number of likely N-dealkylation sites (tertiary alicyclic amines) is 1. The molecule has 0 aromatic heterocycles. The molecule has 3 aliphatic rings. The highest BCUT2D eigenvalue weighted by atomic mass is 16.7. The molecule has 3 heterocycles. The summed E-state index contributed by atoms with van der Waals surface area (Å²) in [7, 11) is 0. The van der Waals surface area contributed by atoms with Crippen LogP contribution in [0, 0.1) is 0 Å². The monoisotopic (exact) mass is 350 g/mol. The lowest BCUT2D eigenvalue weighted by Crippen LogP contribution is -2.37. The molecule has 0 atom stereocenters. The molecule has 0 amide bonds. The van der Waals surface area contributed by atoms with E-state index in [0.717, 1.165) is 24.5 Å². The molecule has 0 bridgehead atoms. The predicted octanol–water partition coefficient (Wildman–Crippen LogP) is 3.54. The van der Waals surface area contributed by atoms with Crippen molar-refractivity contribution in [2.24, 2.45) is 0 Å². The van der Waals surface area contributed by atoms with Gasteiger partial charge in [-0.15, -0.1) is 0 Å². The number of hydrogen-bond donors (Lipinski definition) is 0. The van der Waals surface area contributed by atoms with Crippen LogP contribution in [0.4, 0.5) is 0 Å². The number of nitrogens with zero attached hydrogens (tertiary/aromatic N) is 2. The van der Waals surface area contributed by atoms with Crippen molar-refractivity contribution in [2.45, 2.75) is 25.8 Å². The van der Waals surface area contributed by atoms with Crippen LogP contribution in [0.1, 0.15) is 24.0 Å². The van der Waals surface area contributed by atoms with E-state index in [0.29, 0.717) is 6.79 Å². The van der Waals surface area contributed by atoms with Crippen LogP contribution in [0.15, 0.2) is 36.4 Å². The Labute approximate surface area is 155 Å². The van der Waals surface area contributed by atoms with Crippen molar-refractivity contribution in [3.8, 4) is 22.6 Å². The summed E-state index contributed by atoms with van der Waals surface area (Å²) in [5, 5.41) is 0. The number of rotatable bonds is 4. The summed E-state index contributed by atoms with van der Waals surface area (Å²) in [6, 6.07) is 13.2. The molecule has 0 aliphatic carbocycles. The lowest BCUT2D eigenvalue weighted by atomic mass is 9.94. The molecule has 2 aromatic carbocycles. The third kappa shape index (κ3) is 3.19. The summed E-state index contributed by atoms with van der Waals surface area (Å²) in [5.41, 5.74) is 5.46. The van der Waals surface area contributed by atoms with Crippen molar-refractivity contribution in [1.29, 1.82) is 0 Å². The summed E-state index contributed by atoms with van der Waals surface area (Å²) < 4.78 is 10.9. The van der Waals surface area contributed by atoms with Gasteiger partial charge in [0.25, 0.3) is 0 Å². The smallest absolute Gasteiger partial charge is 0.231 e. The first kappa shape index (κ1) is 16.2. The minimum Gasteiger partial charge on any atom is -0.454 e. The molecule has 0 N–H and O–H groups in total. The molecule has 136 valence electrons. The third-order valence-corrected chi connectivity index (χ3v) is 5.93. The molecule has 1 fully saturated rings. The maximum absolute atomic E-state index is 5.52. The molecule has 0 unspecified atom stereocenters. The number of ether oxygens (including phenoxy) is 2. The van der Waals surface area contributed by atoms with Gasteiger partial charge in [-0.1, -0.05) is 24.3 Å². The van der Waals surface area contributed by atoms with Gasteiger partial charge in [0.2, 0.25) is 6.79 Å². The Balaban J connectivity index is 1.28. The lowest BCUT2D eigenvalue weighted by molar-refractivity contribution is 0.174. The minimum atomic E-state index is 0.330. The molecular formula is C22H26N2O2. The highest BCUT2D eigenvalue weighted by molar-refractivity contribution is 5.68. The largest absolute Gasteiger partial charge is 0.454 e. The van der Waals surface area contributed by atoms with E-state index in [-0.39, 0.29) is 0 Å². The Kier molecular flexibility index (Phi) is 4.31. The summed E-state index contributed by atoms with van der Waals surface area (Å²) in [6.07, 6.45) is 3.91. The van der Waals surface area contributed by atoms with Gasteiger partial charge in [0.15, 0.2) is 11.5 Å². The van der Waals surface area contributed by atoms with Gasteiger partial charge in [0.05, 0.1) is 0 Å². The topological polar surface area (TPSA) is 24.9 Å². The van der Waals surface area contributed by atoms with E-state index in [1.54, 1.807) is 0 Å². The second-order valence-corrected chi connectivity index (χ2v) is 7.63. The maximum Gasteiger partial charge on any atom is 0.231 e. The fraction of sp³-hybridized carbons (Fsp3) is 0.455. The lowest BCUT2D eigenvalue weighted by Gasteiger charge is -2.30. The average molecular weight is 350 g/mol. The summed E-state index contributed by atoms with van der Waals surface area (Å²) in [5.74, 6) is 1.70. The molecule has 0 spiro atoms. The van der Waals surface area contributed by atoms with E-state index < -0.39 is 0 Å². The van der Waals surface area contributed by atoms with Crippen LogP contribution in [-0.2, 0) is 13.0 Å². The molecule has 0 saturated carbocycles. The van der Waals surface area contributed by atoms with Crippen LogP contribution < -0.4 is 9.47 Å². The molecule has 3 aliphatic heterocycles. The Morgan fingerprint density at radius 1 is 0.731 bits per heavy atom. The molecule has 2 aromatic rings. The summed E-state index contributed by atoms with van der Waals surface area (Å²) >= 11 is 0. The average Bonchev–Trinajstić information content (AvgIpc) is 3.36. The first-order valence-corrected chi connectivity index (χ1v) is 9.82. The summed E-state index contributed by atoms with van der Waals surface area (Å²) in [6.45, 7) is 7.60. The molecule has 0 radical (unpaired) electrons. The van der Waals surface area contributed by atoms with Crippen LogP contribution in [0.2, 0.25) is 0 Å². The van der Waals surface area contributed by atoms with E-state index in [9.17, 15) is 0 Å². The predicted molar refractivity (Wildman–Crippen MR) is 103 cm³/mol. The Morgan fingerprint density at radius 3 is 2.42 bits per heavy atom.